The van der Waals surface area contributed by atoms with Gasteiger partial charge in [-0.1, -0.05) is 23.7 Å². The fourth-order valence-electron chi connectivity index (χ4n) is 2.63. The summed E-state index contributed by atoms with van der Waals surface area (Å²) in [5.41, 5.74) is 1.76. The molecular weight excluding hydrogens is 356 g/mol. The molecule has 1 aromatic carbocycles. The van der Waals surface area contributed by atoms with Crippen molar-refractivity contribution < 1.29 is 14.3 Å². The standard InChI is InChI=1S/C19H17ClN2O4/c1-11-13(12(2)22-19(25)15(11)9-21)7-8-18(24)26-10-17(23)14-5-3-4-6-16(14)20/h3-6H,7-8,10H2,1-2H3,(H,22,25). The van der Waals surface area contributed by atoms with Crippen LogP contribution in [0, 0.1) is 25.2 Å². The molecule has 0 amide bonds. The number of H-pyrrole nitrogens is 1. The number of nitrogens with one attached hydrogen (secondary N) is 1. The highest BCUT2D eigenvalue weighted by molar-refractivity contribution is 6.34. The van der Waals surface area contributed by atoms with Crippen molar-refractivity contribution in [3.8, 4) is 6.07 Å². The minimum Gasteiger partial charge on any atom is -0.457 e. The van der Waals surface area contributed by atoms with Crippen molar-refractivity contribution in [3.05, 3.63) is 67.6 Å². The molecule has 0 radical (unpaired) electrons. The molecule has 7 heteroatoms. The van der Waals surface area contributed by atoms with Crippen LogP contribution in [0.15, 0.2) is 29.1 Å². The number of hydrogen-bond acceptors (Lipinski definition) is 5. The normalized spacial score (nSPS) is 10.2. The summed E-state index contributed by atoms with van der Waals surface area (Å²) in [5.74, 6) is -0.930. The third-order valence-electron chi connectivity index (χ3n) is 4.04. The van der Waals surface area contributed by atoms with E-state index in [1.165, 1.54) is 0 Å². The third-order valence-corrected chi connectivity index (χ3v) is 4.37. The van der Waals surface area contributed by atoms with Gasteiger partial charge in [-0.25, -0.2) is 0 Å². The molecule has 2 aromatic rings. The Labute approximate surface area is 155 Å². The van der Waals surface area contributed by atoms with Crippen LogP contribution in [0.3, 0.4) is 0 Å². The molecule has 0 spiro atoms. The molecule has 0 atom stereocenters. The number of aromatic amines is 1. The van der Waals surface area contributed by atoms with Crippen molar-refractivity contribution >= 4 is 23.4 Å². The molecule has 0 aliphatic heterocycles. The topological polar surface area (TPSA) is 100 Å². The van der Waals surface area contributed by atoms with Crippen LogP contribution in [0.4, 0.5) is 0 Å². The number of pyridine rings is 1. The Morgan fingerprint density at radius 1 is 1.27 bits per heavy atom. The van der Waals surface area contributed by atoms with E-state index in [-0.39, 0.29) is 17.8 Å². The third kappa shape index (κ3) is 4.38. The van der Waals surface area contributed by atoms with Gasteiger partial charge in [0.2, 0.25) is 5.78 Å². The first-order chi connectivity index (χ1) is 12.3. The Morgan fingerprint density at radius 2 is 1.96 bits per heavy atom. The number of aromatic nitrogens is 1. The molecule has 2 rings (SSSR count). The van der Waals surface area contributed by atoms with Crippen molar-refractivity contribution in [2.75, 3.05) is 6.61 Å². The predicted octanol–water partition coefficient (Wildman–Crippen LogP) is 2.88. The summed E-state index contributed by atoms with van der Waals surface area (Å²) in [6.07, 6.45) is 0.316. The van der Waals surface area contributed by atoms with Crippen LogP contribution in [0.1, 0.15) is 39.2 Å². The Hall–Kier alpha value is -2.91. The summed E-state index contributed by atoms with van der Waals surface area (Å²) in [4.78, 5) is 38.3. The molecule has 1 heterocycles. The van der Waals surface area contributed by atoms with Crippen LogP contribution in [-0.4, -0.2) is 23.3 Å². The first-order valence-corrected chi connectivity index (χ1v) is 8.28. The van der Waals surface area contributed by atoms with E-state index in [0.717, 1.165) is 5.56 Å². The van der Waals surface area contributed by atoms with Gasteiger partial charge in [0.25, 0.3) is 5.56 Å². The highest BCUT2D eigenvalue weighted by Crippen LogP contribution is 2.17. The minimum atomic E-state index is -0.547. The lowest BCUT2D eigenvalue weighted by Crippen LogP contribution is -2.18. The van der Waals surface area contributed by atoms with Crippen molar-refractivity contribution in [3.63, 3.8) is 0 Å². The number of benzene rings is 1. The lowest BCUT2D eigenvalue weighted by atomic mass is 9.99. The Morgan fingerprint density at radius 3 is 2.62 bits per heavy atom. The molecule has 0 fully saturated rings. The van der Waals surface area contributed by atoms with Gasteiger partial charge in [0.05, 0.1) is 5.02 Å². The maximum Gasteiger partial charge on any atom is 0.306 e. The van der Waals surface area contributed by atoms with Gasteiger partial charge in [0, 0.05) is 17.7 Å². The molecule has 134 valence electrons. The number of rotatable bonds is 6. The van der Waals surface area contributed by atoms with Gasteiger partial charge >= 0.3 is 5.97 Å². The second-order valence-electron chi connectivity index (χ2n) is 5.73. The fraction of sp³-hybridized carbons (Fsp3) is 0.263. The van der Waals surface area contributed by atoms with E-state index in [2.05, 4.69) is 4.98 Å². The molecule has 6 nitrogen and oxygen atoms in total. The molecule has 0 saturated heterocycles. The first-order valence-electron chi connectivity index (χ1n) is 7.91. The molecule has 0 bridgehead atoms. The molecule has 0 aliphatic carbocycles. The van der Waals surface area contributed by atoms with Gasteiger partial charge in [-0.2, -0.15) is 5.26 Å². The van der Waals surface area contributed by atoms with Crippen LogP contribution < -0.4 is 5.56 Å². The van der Waals surface area contributed by atoms with E-state index in [4.69, 9.17) is 21.6 Å². The number of halogens is 1. The molecule has 1 aromatic heterocycles. The van der Waals surface area contributed by atoms with Gasteiger partial charge in [-0.15, -0.1) is 0 Å². The highest BCUT2D eigenvalue weighted by Gasteiger charge is 2.16. The summed E-state index contributed by atoms with van der Waals surface area (Å²) >= 11 is 5.94. The summed E-state index contributed by atoms with van der Waals surface area (Å²) in [6, 6.07) is 8.40. The van der Waals surface area contributed by atoms with E-state index < -0.39 is 18.1 Å². The summed E-state index contributed by atoms with van der Waals surface area (Å²) in [5, 5.41) is 9.36. The minimum absolute atomic E-state index is 0.0222. The van der Waals surface area contributed by atoms with Gasteiger partial charge in [0.15, 0.2) is 6.61 Å². The second-order valence-corrected chi connectivity index (χ2v) is 6.14. The van der Waals surface area contributed by atoms with E-state index in [1.807, 2.05) is 6.07 Å². The quantitative estimate of drug-likeness (QED) is 0.620. The average Bonchev–Trinajstić information content (AvgIpc) is 2.60. The Kier molecular flexibility index (Phi) is 6.31. The number of Topliss-reactive ketones (excluding diaryl/α,β-unsaturated/α-hetero) is 1. The predicted molar refractivity (Wildman–Crippen MR) is 96.3 cm³/mol. The molecule has 0 saturated carbocycles. The van der Waals surface area contributed by atoms with Gasteiger partial charge < -0.3 is 9.72 Å². The van der Waals surface area contributed by atoms with Crippen molar-refractivity contribution in [1.29, 1.82) is 5.26 Å². The van der Waals surface area contributed by atoms with Gasteiger partial charge in [-0.05, 0) is 43.5 Å². The van der Waals surface area contributed by atoms with Crippen LogP contribution in [0.2, 0.25) is 5.02 Å². The maximum absolute atomic E-state index is 12.0. The molecular formula is C19H17ClN2O4. The molecule has 1 N–H and O–H groups in total. The lowest BCUT2D eigenvalue weighted by Gasteiger charge is -2.10. The number of esters is 1. The van der Waals surface area contributed by atoms with Crippen LogP contribution >= 0.6 is 11.6 Å². The molecule has 0 aliphatic rings. The zero-order valence-electron chi connectivity index (χ0n) is 14.4. The first kappa shape index (κ1) is 19.4. The zero-order valence-corrected chi connectivity index (χ0v) is 15.1. The van der Waals surface area contributed by atoms with Gasteiger partial charge in [0.1, 0.15) is 11.6 Å². The maximum atomic E-state index is 12.0. The second kappa shape index (κ2) is 8.45. The lowest BCUT2D eigenvalue weighted by molar-refractivity contribution is -0.142. The Bertz CT molecular complexity index is 957. The number of carbonyl (C=O) groups is 2. The summed E-state index contributed by atoms with van der Waals surface area (Å²) in [6.45, 7) is 2.98. The number of nitriles is 1. The highest BCUT2D eigenvalue weighted by atomic mass is 35.5. The van der Waals surface area contributed by atoms with Gasteiger partial charge in [-0.3, -0.25) is 14.4 Å². The summed E-state index contributed by atoms with van der Waals surface area (Å²) < 4.78 is 5.01. The smallest absolute Gasteiger partial charge is 0.306 e. The van der Waals surface area contributed by atoms with E-state index in [1.54, 1.807) is 38.1 Å². The van der Waals surface area contributed by atoms with Crippen LogP contribution in [0.25, 0.3) is 0 Å². The zero-order chi connectivity index (χ0) is 19.3. The van der Waals surface area contributed by atoms with Crippen molar-refractivity contribution in [2.24, 2.45) is 0 Å². The molecule has 26 heavy (non-hydrogen) atoms. The van der Waals surface area contributed by atoms with Crippen LogP contribution in [0.5, 0.6) is 0 Å². The monoisotopic (exact) mass is 372 g/mol. The van der Waals surface area contributed by atoms with E-state index in [9.17, 15) is 14.4 Å². The summed E-state index contributed by atoms with van der Waals surface area (Å²) in [7, 11) is 0. The van der Waals surface area contributed by atoms with E-state index in [0.29, 0.717) is 28.3 Å². The van der Waals surface area contributed by atoms with Crippen LogP contribution in [-0.2, 0) is 16.0 Å². The number of ether oxygens (including phenoxy) is 1. The van der Waals surface area contributed by atoms with E-state index >= 15 is 0 Å². The fourth-order valence-corrected chi connectivity index (χ4v) is 2.87. The number of nitrogens with zero attached hydrogens (tertiary/aromatic N) is 1. The van der Waals surface area contributed by atoms with Crippen molar-refractivity contribution in [2.45, 2.75) is 26.7 Å². The number of ketones is 1. The average molecular weight is 373 g/mol. The van der Waals surface area contributed by atoms with Crippen molar-refractivity contribution in [1.82, 2.24) is 4.98 Å². The number of aryl methyl sites for hydroxylation is 1. The Balaban J connectivity index is 1.98. The molecule has 0 unspecified atom stereocenters. The number of hydrogen-bond donors (Lipinski definition) is 1. The SMILES string of the molecule is Cc1[nH]c(=O)c(C#N)c(C)c1CCC(=O)OCC(=O)c1ccccc1Cl. The number of carbonyl (C=O) groups excluding carboxylic acids is 2. The largest absolute Gasteiger partial charge is 0.457 e.